The fourth-order valence-electron chi connectivity index (χ4n) is 5.30. The third-order valence-electron chi connectivity index (χ3n) is 7.37. The fourth-order valence-corrected chi connectivity index (χ4v) is 5.43. The van der Waals surface area contributed by atoms with E-state index in [1.165, 1.54) is 0 Å². The van der Waals surface area contributed by atoms with Crippen LogP contribution < -0.4 is 10.1 Å². The Balaban J connectivity index is 1.19. The molecule has 2 bridgehead atoms. The Morgan fingerprint density at radius 3 is 2.39 bits per heavy atom. The van der Waals surface area contributed by atoms with Crippen LogP contribution in [-0.4, -0.2) is 53.9 Å². The number of fused-ring (bicyclic) bond motifs is 2. The van der Waals surface area contributed by atoms with Crippen molar-refractivity contribution in [1.29, 1.82) is 0 Å². The van der Waals surface area contributed by atoms with Crippen molar-refractivity contribution in [1.82, 2.24) is 10.2 Å². The summed E-state index contributed by atoms with van der Waals surface area (Å²) in [6.07, 6.45) is 4.30. The number of carbonyl (C=O) groups excluding carboxylic acids is 3. The minimum atomic E-state index is -1.28. The van der Waals surface area contributed by atoms with Gasteiger partial charge in [-0.1, -0.05) is 37.1 Å². The van der Waals surface area contributed by atoms with E-state index in [1.54, 1.807) is 50.2 Å². The van der Waals surface area contributed by atoms with Gasteiger partial charge in [0.2, 0.25) is 6.79 Å². The molecule has 8 nitrogen and oxygen atoms in total. The van der Waals surface area contributed by atoms with Gasteiger partial charge in [0.25, 0.3) is 5.91 Å². The Labute approximate surface area is 228 Å². The summed E-state index contributed by atoms with van der Waals surface area (Å²) < 4.78 is 16.3. The zero-order chi connectivity index (χ0) is 27.3. The number of rotatable bonds is 10. The number of halogens is 1. The molecule has 2 aliphatic rings. The van der Waals surface area contributed by atoms with Crippen LogP contribution in [0.4, 0.5) is 4.79 Å². The van der Waals surface area contributed by atoms with Crippen LogP contribution in [-0.2, 0) is 20.7 Å². The Bertz CT molecular complexity index is 1130. The lowest BCUT2D eigenvalue weighted by Crippen LogP contribution is -2.41. The molecule has 204 valence electrons. The number of nitrogens with one attached hydrogen (secondary N) is 1. The van der Waals surface area contributed by atoms with Gasteiger partial charge in [-0.15, -0.1) is 0 Å². The van der Waals surface area contributed by atoms with Crippen molar-refractivity contribution in [2.24, 2.45) is 5.92 Å². The molecule has 2 amide bonds. The summed E-state index contributed by atoms with van der Waals surface area (Å²) in [7, 11) is 0. The van der Waals surface area contributed by atoms with Gasteiger partial charge >= 0.3 is 12.1 Å². The van der Waals surface area contributed by atoms with Gasteiger partial charge < -0.3 is 24.4 Å². The van der Waals surface area contributed by atoms with E-state index < -0.39 is 24.5 Å². The summed E-state index contributed by atoms with van der Waals surface area (Å²) in [6, 6.07) is 14.5. The zero-order valence-corrected chi connectivity index (χ0v) is 22.8. The van der Waals surface area contributed by atoms with Gasteiger partial charge in [-0.25, -0.2) is 9.59 Å². The molecule has 2 saturated heterocycles. The molecule has 2 aromatic carbocycles. The maximum absolute atomic E-state index is 12.6. The molecule has 1 N–H and O–H groups in total. The van der Waals surface area contributed by atoms with Crippen LogP contribution in [0.2, 0.25) is 5.02 Å². The fraction of sp³-hybridized carbons (Fsp3) is 0.483. The first-order chi connectivity index (χ1) is 18.2. The molecule has 2 heterocycles. The van der Waals surface area contributed by atoms with E-state index >= 15 is 0 Å². The summed E-state index contributed by atoms with van der Waals surface area (Å²) in [5.41, 5.74) is 0.276. The van der Waals surface area contributed by atoms with Crippen LogP contribution in [0.5, 0.6) is 5.75 Å². The van der Waals surface area contributed by atoms with Gasteiger partial charge in [0.15, 0.2) is 5.60 Å². The number of hydrogen-bond donors (Lipinski definition) is 1. The standard InChI is InChI=1S/C29H35ClN2O6/c1-4-20-17-23-11-14-25(20)32(23)28(35)37-18-36-27(34)29(2,3)38-24-12-5-19(6-13-24)15-16-31-26(33)21-7-9-22(30)10-8-21/h5-10,12-13,20,23,25H,4,11,14-18H2,1-3H3,(H,31,33)/t20-,23?,25?/m0/s1. The first-order valence-electron chi connectivity index (χ1n) is 13.1. The number of benzene rings is 2. The molecule has 0 radical (unpaired) electrons. The predicted octanol–water partition coefficient (Wildman–Crippen LogP) is 5.37. The number of carbonyl (C=O) groups is 3. The SMILES string of the molecule is CC[C@H]1CC2CCC1N2C(=O)OCOC(=O)C(C)(C)Oc1ccc(CCNC(=O)c2ccc(Cl)cc2)cc1. The maximum Gasteiger partial charge on any atom is 0.413 e. The average molecular weight is 543 g/mol. The molecule has 2 unspecified atom stereocenters. The van der Waals surface area contributed by atoms with Gasteiger partial charge in [0.1, 0.15) is 5.75 Å². The van der Waals surface area contributed by atoms with E-state index in [9.17, 15) is 14.4 Å². The number of ether oxygens (including phenoxy) is 3. The highest BCUT2D eigenvalue weighted by Gasteiger charge is 2.48. The summed E-state index contributed by atoms with van der Waals surface area (Å²) >= 11 is 5.86. The first-order valence-corrected chi connectivity index (χ1v) is 13.5. The smallest absolute Gasteiger partial charge is 0.413 e. The molecule has 9 heteroatoms. The van der Waals surface area contributed by atoms with Crippen molar-refractivity contribution in [3.05, 3.63) is 64.7 Å². The minimum absolute atomic E-state index is 0.162. The van der Waals surface area contributed by atoms with Gasteiger partial charge in [-0.05, 0) is 87.4 Å². The number of amides is 2. The van der Waals surface area contributed by atoms with Crippen molar-refractivity contribution in [2.45, 2.75) is 70.6 Å². The normalized spacial score (nSPS) is 20.2. The Morgan fingerprint density at radius 2 is 1.74 bits per heavy atom. The topological polar surface area (TPSA) is 94.2 Å². The number of hydrogen-bond acceptors (Lipinski definition) is 6. The second-order valence-electron chi connectivity index (χ2n) is 10.3. The van der Waals surface area contributed by atoms with Crippen LogP contribution >= 0.6 is 11.6 Å². The largest absolute Gasteiger partial charge is 0.476 e. The lowest BCUT2D eigenvalue weighted by atomic mass is 9.87. The third kappa shape index (κ3) is 6.59. The molecule has 38 heavy (non-hydrogen) atoms. The highest BCUT2D eigenvalue weighted by molar-refractivity contribution is 6.30. The summed E-state index contributed by atoms with van der Waals surface area (Å²) in [5.74, 6) is 0.230. The van der Waals surface area contributed by atoms with Crippen molar-refractivity contribution in [3.63, 3.8) is 0 Å². The van der Waals surface area contributed by atoms with Crippen LogP contribution in [0.15, 0.2) is 48.5 Å². The van der Waals surface area contributed by atoms with Gasteiger partial charge in [0.05, 0.1) is 0 Å². The third-order valence-corrected chi connectivity index (χ3v) is 7.62. The molecule has 2 aromatic rings. The van der Waals surface area contributed by atoms with Crippen LogP contribution in [0.1, 0.15) is 62.4 Å². The maximum atomic E-state index is 12.6. The number of esters is 1. The molecular weight excluding hydrogens is 508 g/mol. The van der Waals surface area contributed by atoms with E-state index in [0.29, 0.717) is 35.2 Å². The minimum Gasteiger partial charge on any atom is -0.476 e. The highest BCUT2D eigenvalue weighted by atomic mass is 35.5. The molecule has 2 fully saturated rings. The molecule has 2 aliphatic heterocycles. The Kier molecular flexibility index (Phi) is 8.82. The lowest BCUT2D eigenvalue weighted by Gasteiger charge is -2.25. The second kappa shape index (κ2) is 12.1. The first kappa shape index (κ1) is 27.8. The van der Waals surface area contributed by atoms with Crippen LogP contribution in [0.25, 0.3) is 0 Å². The monoisotopic (exact) mass is 542 g/mol. The van der Waals surface area contributed by atoms with Crippen LogP contribution in [0, 0.1) is 5.92 Å². The summed E-state index contributed by atoms with van der Waals surface area (Å²) in [4.78, 5) is 39.2. The van der Waals surface area contributed by atoms with Gasteiger partial charge in [-0.3, -0.25) is 4.79 Å². The van der Waals surface area contributed by atoms with Crippen molar-refractivity contribution < 1.29 is 28.6 Å². The van der Waals surface area contributed by atoms with E-state index in [0.717, 1.165) is 31.2 Å². The van der Waals surface area contributed by atoms with Gasteiger partial charge in [0, 0.05) is 29.2 Å². The quantitative estimate of drug-likeness (QED) is 0.320. The molecule has 0 aromatic heterocycles. The molecule has 0 aliphatic carbocycles. The van der Waals surface area contributed by atoms with E-state index in [4.69, 9.17) is 25.8 Å². The van der Waals surface area contributed by atoms with Crippen molar-refractivity contribution in [2.75, 3.05) is 13.3 Å². The zero-order valence-electron chi connectivity index (χ0n) is 22.1. The lowest BCUT2D eigenvalue weighted by molar-refractivity contribution is -0.168. The molecular formula is C29H35ClN2O6. The van der Waals surface area contributed by atoms with Crippen molar-refractivity contribution >= 4 is 29.6 Å². The predicted molar refractivity (Wildman–Crippen MR) is 143 cm³/mol. The Hall–Kier alpha value is -3.26. The summed E-state index contributed by atoms with van der Waals surface area (Å²) in [6.45, 7) is 5.37. The van der Waals surface area contributed by atoms with Gasteiger partial charge in [-0.2, -0.15) is 0 Å². The van der Waals surface area contributed by atoms with Crippen molar-refractivity contribution in [3.8, 4) is 5.75 Å². The second-order valence-corrected chi connectivity index (χ2v) is 10.8. The average Bonchev–Trinajstić information content (AvgIpc) is 3.48. The molecule has 3 atom stereocenters. The Morgan fingerprint density at radius 1 is 1.03 bits per heavy atom. The molecule has 4 rings (SSSR count). The number of nitrogens with zero attached hydrogens (tertiary/aromatic N) is 1. The molecule has 0 spiro atoms. The highest BCUT2D eigenvalue weighted by Crippen LogP contribution is 2.43. The molecule has 0 saturated carbocycles. The van der Waals surface area contributed by atoms with E-state index in [1.807, 2.05) is 17.0 Å². The van der Waals surface area contributed by atoms with Crippen LogP contribution in [0.3, 0.4) is 0 Å². The van der Waals surface area contributed by atoms with E-state index in [-0.39, 0.29) is 18.0 Å². The summed E-state index contributed by atoms with van der Waals surface area (Å²) in [5, 5.41) is 3.46. The van der Waals surface area contributed by atoms with E-state index in [2.05, 4.69) is 12.2 Å².